The lowest BCUT2D eigenvalue weighted by Gasteiger charge is -2.27. The molecule has 0 aliphatic heterocycles. The van der Waals surface area contributed by atoms with Crippen LogP contribution in [0.25, 0.3) is 11.1 Å². The standard InChI is InChI=1S/C31H26OP.BrH/c32-24-25-16-18-26(19-17-25)27-20-22-31(23-21-27)33(28-10-4-1-5-11-28,29-12-6-2-7-13-29)30-14-8-3-9-15-30;/h1-23,32H,24H2;1H/q+1;/p-1. The zero-order chi connectivity index (χ0) is 22.5. The summed E-state index contributed by atoms with van der Waals surface area (Å²) in [5.41, 5.74) is 3.26. The van der Waals surface area contributed by atoms with E-state index in [2.05, 4.69) is 127 Å². The third-order valence-electron chi connectivity index (χ3n) is 6.15. The lowest BCUT2D eigenvalue weighted by molar-refractivity contribution is -0.00000720. The van der Waals surface area contributed by atoms with E-state index < -0.39 is 7.26 Å². The summed E-state index contributed by atoms with van der Waals surface area (Å²) in [6.07, 6.45) is 0. The third kappa shape index (κ3) is 4.50. The molecule has 0 fully saturated rings. The van der Waals surface area contributed by atoms with E-state index >= 15 is 0 Å². The Morgan fingerprint density at radius 2 is 0.735 bits per heavy atom. The van der Waals surface area contributed by atoms with Gasteiger partial charge in [-0.25, -0.2) is 0 Å². The maximum atomic E-state index is 9.35. The number of hydrogen-bond acceptors (Lipinski definition) is 1. The van der Waals surface area contributed by atoms with Crippen LogP contribution in [0.2, 0.25) is 0 Å². The molecular formula is C31H26BrOP. The molecule has 0 atom stereocenters. The molecule has 0 aromatic heterocycles. The quantitative estimate of drug-likeness (QED) is 0.338. The molecule has 0 spiro atoms. The van der Waals surface area contributed by atoms with Gasteiger partial charge in [0, 0.05) is 0 Å². The molecule has 1 N–H and O–H groups in total. The van der Waals surface area contributed by atoms with Crippen molar-refractivity contribution in [3.63, 3.8) is 0 Å². The summed E-state index contributed by atoms with van der Waals surface area (Å²) in [5.74, 6) is 0. The molecule has 5 rings (SSSR count). The number of aliphatic hydroxyl groups excluding tert-OH is 1. The summed E-state index contributed by atoms with van der Waals surface area (Å²) < 4.78 is 0. The Morgan fingerprint density at radius 1 is 0.412 bits per heavy atom. The van der Waals surface area contributed by atoms with Crippen LogP contribution in [0.3, 0.4) is 0 Å². The number of halogens is 1. The summed E-state index contributed by atoms with van der Waals surface area (Å²) in [5, 5.41) is 14.7. The van der Waals surface area contributed by atoms with E-state index in [4.69, 9.17) is 0 Å². The number of benzene rings is 5. The van der Waals surface area contributed by atoms with Crippen LogP contribution in [0.4, 0.5) is 0 Å². The van der Waals surface area contributed by atoms with Crippen LogP contribution in [0.15, 0.2) is 140 Å². The predicted octanol–water partition coefficient (Wildman–Crippen LogP) is 2.47. The van der Waals surface area contributed by atoms with Crippen LogP contribution in [0, 0.1) is 0 Å². The van der Waals surface area contributed by atoms with Crippen molar-refractivity contribution in [3.05, 3.63) is 145 Å². The predicted molar refractivity (Wildman–Crippen MR) is 143 cm³/mol. The minimum Gasteiger partial charge on any atom is -1.00 e. The molecule has 0 saturated heterocycles. The second-order valence-corrected chi connectivity index (χ2v) is 11.5. The van der Waals surface area contributed by atoms with Crippen molar-refractivity contribution in [3.8, 4) is 11.1 Å². The van der Waals surface area contributed by atoms with E-state index in [0.717, 1.165) is 11.1 Å². The van der Waals surface area contributed by atoms with Crippen LogP contribution < -0.4 is 38.2 Å². The smallest absolute Gasteiger partial charge is 0.144 e. The molecule has 5 aromatic carbocycles. The molecule has 3 heteroatoms. The summed E-state index contributed by atoms with van der Waals surface area (Å²) in [7, 11) is -2.06. The molecular weight excluding hydrogens is 499 g/mol. The van der Waals surface area contributed by atoms with Crippen LogP contribution >= 0.6 is 7.26 Å². The van der Waals surface area contributed by atoms with E-state index in [1.54, 1.807) is 0 Å². The van der Waals surface area contributed by atoms with Crippen molar-refractivity contribution in [2.24, 2.45) is 0 Å². The lowest BCUT2D eigenvalue weighted by atomic mass is 10.0. The Balaban J connectivity index is 0.00000274. The topological polar surface area (TPSA) is 20.2 Å². The van der Waals surface area contributed by atoms with Crippen molar-refractivity contribution in [1.29, 1.82) is 0 Å². The summed E-state index contributed by atoms with van der Waals surface area (Å²) in [6, 6.07) is 50.0. The molecule has 0 heterocycles. The van der Waals surface area contributed by atoms with Gasteiger partial charge in [-0.15, -0.1) is 0 Å². The zero-order valence-corrected chi connectivity index (χ0v) is 21.2. The van der Waals surface area contributed by atoms with Crippen molar-refractivity contribution >= 4 is 28.5 Å². The summed E-state index contributed by atoms with van der Waals surface area (Å²) in [6.45, 7) is 0.0669. The Labute approximate surface area is 212 Å². The van der Waals surface area contributed by atoms with Gasteiger partial charge in [0.2, 0.25) is 0 Å². The lowest BCUT2D eigenvalue weighted by Crippen LogP contribution is -3.00. The first-order valence-corrected chi connectivity index (χ1v) is 13.0. The number of hydrogen-bond donors (Lipinski definition) is 1. The van der Waals surface area contributed by atoms with Crippen LogP contribution in [-0.2, 0) is 6.61 Å². The van der Waals surface area contributed by atoms with Gasteiger partial charge in [0.05, 0.1) is 6.61 Å². The first-order valence-electron chi connectivity index (χ1n) is 11.2. The van der Waals surface area contributed by atoms with Crippen LogP contribution in [-0.4, -0.2) is 5.11 Å². The highest BCUT2D eigenvalue weighted by Gasteiger charge is 2.47. The average Bonchev–Trinajstić information content (AvgIpc) is 2.91. The normalized spacial score (nSPS) is 11.0. The van der Waals surface area contributed by atoms with Gasteiger partial charge >= 0.3 is 0 Å². The number of aliphatic hydroxyl groups is 1. The molecule has 34 heavy (non-hydrogen) atoms. The van der Waals surface area contributed by atoms with Crippen molar-refractivity contribution in [2.45, 2.75) is 6.61 Å². The minimum atomic E-state index is -2.06. The van der Waals surface area contributed by atoms with Crippen LogP contribution in [0.5, 0.6) is 0 Å². The van der Waals surface area contributed by atoms with E-state index in [0.29, 0.717) is 0 Å². The van der Waals surface area contributed by atoms with Crippen molar-refractivity contribution in [2.75, 3.05) is 0 Å². The Hall–Kier alpha value is -3.03. The van der Waals surface area contributed by atoms with Crippen molar-refractivity contribution < 1.29 is 22.1 Å². The largest absolute Gasteiger partial charge is 1.00 e. The third-order valence-corrected chi connectivity index (χ3v) is 10.4. The van der Waals surface area contributed by atoms with Gasteiger partial charge in [0.15, 0.2) is 0 Å². The first-order chi connectivity index (χ1) is 16.3. The highest BCUT2D eigenvalue weighted by molar-refractivity contribution is 8.01. The monoisotopic (exact) mass is 524 g/mol. The van der Waals surface area contributed by atoms with Gasteiger partial charge in [-0.3, -0.25) is 0 Å². The molecule has 0 radical (unpaired) electrons. The maximum absolute atomic E-state index is 9.35. The Kier molecular flexibility index (Phi) is 7.75. The van der Waals surface area contributed by atoms with Crippen molar-refractivity contribution in [1.82, 2.24) is 0 Å². The fourth-order valence-electron chi connectivity index (χ4n) is 4.53. The van der Waals surface area contributed by atoms with Gasteiger partial charge in [-0.2, -0.15) is 0 Å². The van der Waals surface area contributed by atoms with Gasteiger partial charge in [0.25, 0.3) is 0 Å². The highest BCUT2D eigenvalue weighted by Crippen LogP contribution is 2.54. The summed E-state index contributed by atoms with van der Waals surface area (Å²) in [4.78, 5) is 0. The Bertz CT molecular complexity index is 1210. The molecule has 0 bridgehead atoms. The average molecular weight is 525 g/mol. The summed E-state index contributed by atoms with van der Waals surface area (Å²) >= 11 is 0. The van der Waals surface area contributed by atoms with Gasteiger partial charge in [0.1, 0.15) is 28.5 Å². The SMILES string of the molecule is OCc1ccc(-c2ccc([P+](c3ccccc3)(c3ccccc3)c3ccccc3)cc2)cc1.[Br-]. The molecule has 0 aliphatic carbocycles. The molecule has 5 aromatic rings. The van der Waals surface area contributed by atoms with Crippen LogP contribution in [0.1, 0.15) is 5.56 Å². The molecule has 0 aliphatic rings. The first kappa shape index (κ1) is 24.1. The fraction of sp³-hybridized carbons (Fsp3) is 0.0323. The second-order valence-electron chi connectivity index (χ2n) is 8.08. The molecule has 0 unspecified atom stereocenters. The van der Waals surface area contributed by atoms with Gasteiger partial charge in [-0.05, 0) is 65.2 Å². The van der Waals surface area contributed by atoms with Gasteiger partial charge in [-0.1, -0.05) is 91.0 Å². The number of rotatable bonds is 6. The van der Waals surface area contributed by atoms with E-state index in [-0.39, 0.29) is 23.6 Å². The molecule has 0 saturated carbocycles. The highest BCUT2D eigenvalue weighted by atomic mass is 79.9. The molecule has 1 nitrogen and oxygen atoms in total. The minimum absolute atomic E-state index is 0. The van der Waals surface area contributed by atoms with E-state index in [1.807, 2.05) is 12.1 Å². The van der Waals surface area contributed by atoms with E-state index in [9.17, 15) is 5.11 Å². The Morgan fingerprint density at radius 3 is 1.09 bits per heavy atom. The fourth-order valence-corrected chi connectivity index (χ4v) is 8.77. The maximum Gasteiger partial charge on any atom is 0.144 e. The second kappa shape index (κ2) is 10.9. The van der Waals surface area contributed by atoms with E-state index in [1.165, 1.54) is 26.8 Å². The van der Waals surface area contributed by atoms with Gasteiger partial charge < -0.3 is 22.1 Å². The zero-order valence-electron chi connectivity index (χ0n) is 18.8. The molecule has 0 amide bonds. The molecule has 168 valence electrons.